The second-order valence-corrected chi connectivity index (χ2v) is 5.90. The summed E-state index contributed by atoms with van der Waals surface area (Å²) in [4.78, 5) is 4.98. The Bertz CT molecular complexity index is 167. The molecule has 0 radical (unpaired) electrons. The topological polar surface area (TPSA) is 46.9 Å². The second-order valence-electron chi connectivity index (χ2n) is 5.90. The van der Waals surface area contributed by atoms with Gasteiger partial charge in [-0.1, -0.05) is 26.7 Å². The van der Waals surface area contributed by atoms with E-state index in [-0.39, 0.29) is 13.2 Å². The molecular formula is C17H38N2O2. The van der Waals surface area contributed by atoms with E-state index < -0.39 is 0 Å². The van der Waals surface area contributed by atoms with Gasteiger partial charge < -0.3 is 20.0 Å². The van der Waals surface area contributed by atoms with Crippen LogP contribution >= 0.6 is 0 Å². The van der Waals surface area contributed by atoms with E-state index in [1.54, 1.807) is 0 Å². The highest BCUT2D eigenvalue weighted by Gasteiger charge is 2.07. The number of rotatable bonds is 16. The Morgan fingerprint density at radius 2 is 0.857 bits per heavy atom. The third-order valence-corrected chi connectivity index (χ3v) is 3.87. The van der Waals surface area contributed by atoms with Crippen molar-refractivity contribution >= 4 is 0 Å². The van der Waals surface area contributed by atoms with Gasteiger partial charge in [0.15, 0.2) is 0 Å². The van der Waals surface area contributed by atoms with Crippen molar-refractivity contribution in [3.05, 3.63) is 0 Å². The molecule has 4 nitrogen and oxygen atoms in total. The highest BCUT2D eigenvalue weighted by Crippen LogP contribution is 2.03. The zero-order valence-corrected chi connectivity index (χ0v) is 14.4. The molecule has 0 bridgehead atoms. The molecule has 0 rings (SSSR count). The van der Waals surface area contributed by atoms with Crippen LogP contribution in [0.3, 0.4) is 0 Å². The lowest BCUT2D eigenvalue weighted by Gasteiger charge is -2.25. The van der Waals surface area contributed by atoms with Crippen LogP contribution in [0.1, 0.15) is 58.8 Å². The lowest BCUT2D eigenvalue weighted by Crippen LogP contribution is -2.33. The average molecular weight is 303 g/mol. The quantitative estimate of drug-likeness (QED) is 0.459. The first-order valence-electron chi connectivity index (χ1n) is 8.94. The lowest BCUT2D eigenvalue weighted by atomic mass is 10.2. The molecule has 0 heterocycles. The first-order chi connectivity index (χ1) is 10.3. The molecule has 0 spiro atoms. The van der Waals surface area contributed by atoms with Crippen molar-refractivity contribution in [1.82, 2.24) is 9.80 Å². The minimum absolute atomic E-state index is 0.259. The normalized spacial score (nSPS) is 11.7. The van der Waals surface area contributed by atoms with Gasteiger partial charge in [-0.25, -0.2) is 0 Å². The van der Waals surface area contributed by atoms with Crippen LogP contribution in [0.2, 0.25) is 0 Å². The summed E-state index contributed by atoms with van der Waals surface area (Å²) >= 11 is 0. The first kappa shape index (κ1) is 20.8. The molecule has 2 N–H and O–H groups in total. The summed E-state index contributed by atoms with van der Waals surface area (Å²) in [6, 6.07) is 0. The third-order valence-electron chi connectivity index (χ3n) is 3.87. The average Bonchev–Trinajstić information content (AvgIpc) is 2.51. The van der Waals surface area contributed by atoms with E-state index >= 15 is 0 Å². The molecule has 0 aromatic rings. The fraction of sp³-hybridized carbons (Fsp3) is 1.00. The van der Waals surface area contributed by atoms with E-state index in [0.29, 0.717) is 0 Å². The van der Waals surface area contributed by atoms with Gasteiger partial charge in [-0.2, -0.15) is 0 Å². The van der Waals surface area contributed by atoms with Crippen molar-refractivity contribution in [2.75, 3.05) is 52.5 Å². The predicted octanol–water partition coefficient (Wildman–Crippen LogP) is 2.35. The Morgan fingerprint density at radius 3 is 1.19 bits per heavy atom. The zero-order chi connectivity index (χ0) is 15.8. The van der Waals surface area contributed by atoms with E-state index in [9.17, 15) is 0 Å². The van der Waals surface area contributed by atoms with Crippen LogP contribution in [0.4, 0.5) is 0 Å². The van der Waals surface area contributed by atoms with Gasteiger partial charge in [0.2, 0.25) is 0 Å². The zero-order valence-electron chi connectivity index (χ0n) is 14.4. The maximum absolute atomic E-state index is 8.96. The minimum atomic E-state index is 0.259. The van der Waals surface area contributed by atoms with Crippen LogP contribution in [0.5, 0.6) is 0 Å². The SMILES string of the molecule is CCCCN(CCCC)CCCN(CCCO)CCCO. The van der Waals surface area contributed by atoms with Crippen LogP contribution in [-0.4, -0.2) is 72.5 Å². The van der Waals surface area contributed by atoms with E-state index in [4.69, 9.17) is 10.2 Å². The lowest BCUT2D eigenvalue weighted by molar-refractivity contribution is 0.187. The smallest absolute Gasteiger partial charge is 0.0443 e. The molecule has 0 aliphatic carbocycles. The summed E-state index contributed by atoms with van der Waals surface area (Å²) in [5, 5.41) is 17.9. The van der Waals surface area contributed by atoms with Gasteiger partial charge in [0.1, 0.15) is 0 Å². The van der Waals surface area contributed by atoms with E-state index in [0.717, 1.165) is 32.5 Å². The molecule has 0 aliphatic heterocycles. The van der Waals surface area contributed by atoms with Crippen LogP contribution in [0, 0.1) is 0 Å². The molecule has 0 saturated carbocycles. The van der Waals surface area contributed by atoms with Gasteiger partial charge in [-0.3, -0.25) is 0 Å². The van der Waals surface area contributed by atoms with Crippen LogP contribution < -0.4 is 0 Å². The molecule has 0 fully saturated rings. The van der Waals surface area contributed by atoms with Gasteiger partial charge in [-0.05, 0) is 58.3 Å². The minimum Gasteiger partial charge on any atom is -0.396 e. The molecular weight excluding hydrogens is 264 g/mol. The Kier molecular flexibility index (Phi) is 16.1. The van der Waals surface area contributed by atoms with Crippen molar-refractivity contribution in [1.29, 1.82) is 0 Å². The predicted molar refractivity (Wildman–Crippen MR) is 90.7 cm³/mol. The largest absolute Gasteiger partial charge is 0.396 e. The van der Waals surface area contributed by atoms with Gasteiger partial charge in [0.05, 0.1) is 0 Å². The Morgan fingerprint density at radius 1 is 0.524 bits per heavy atom. The molecule has 0 aromatic heterocycles. The fourth-order valence-corrected chi connectivity index (χ4v) is 2.54. The standard InChI is InChI=1S/C17H38N2O2/c1-3-5-10-18(11-6-4-2)12-7-13-19(14-8-16-20)15-9-17-21/h20-21H,3-17H2,1-2H3. The van der Waals surface area contributed by atoms with Crippen molar-refractivity contribution < 1.29 is 10.2 Å². The number of nitrogens with zero attached hydrogens (tertiary/aromatic N) is 2. The summed E-state index contributed by atoms with van der Waals surface area (Å²) in [7, 11) is 0. The fourth-order valence-electron chi connectivity index (χ4n) is 2.54. The van der Waals surface area contributed by atoms with Gasteiger partial charge in [0, 0.05) is 26.3 Å². The monoisotopic (exact) mass is 302 g/mol. The van der Waals surface area contributed by atoms with E-state index in [1.165, 1.54) is 51.7 Å². The van der Waals surface area contributed by atoms with Crippen molar-refractivity contribution in [2.45, 2.75) is 58.8 Å². The Labute approximate surface area is 132 Å². The van der Waals surface area contributed by atoms with Gasteiger partial charge >= 0.3 is 0 Å². The summed E-state index contributed by atoms with van der Waals surface area (Å²) in [5.41, 5.74) is 0. The number of hydrogen-bond acceptors (Lipinski definition) is 4. The van der Waals surface area contributed by atoms with E-state index in [2.05, 4.69) is 23.6 Å². The molecule has 0 unspecified atom stereocenters. The molecule has 21 heavy (non-hydrogen) atoms. The molecule has 0 aromatic carbocycles. The molecule has 128 valence electrons. The summed E-state index contributed by atoms with van der Waals surface area (Å²) in [6.45, 7) is 11.6. The Balaban J connectivity index is 3.96. The number of hydrogen-bond donors (Lipinski definition) is 2. The first-order valence-corrected chi connectivity index (χ1v) is 8.94. The summed E-state index contributed by atoms with van der Waals surface area (Å²) in [5.74, 6) is 0. The van der Waals surface area contributed by atoms with Gasteiger partial charge in [0.25, 0.3) is 0 Å². The van der Waals surface area contributed by atoms with Crippen molar-refractivity contribution in [3.8, 4) is 0 Å². The number of unbranched alkanes of at least 4 members (excludes halogenated alkanes) is 2. The molecule has 0 atom stereocenters. The molecule has 0 saturated heterocycles. The molecule has 4 heteroatoms. The maximum atomic E-state index is 8.96. The highest BCUT2D eigenvalue weighted by molar-refractivity contribution is 4.63. The number of aliphatic hydroxyl groups excluding tert-OH is 2. The summed E-state index contributed by atoms with van der Waals surface area (Å²) in [6.07, 6.45) is 7.97. The molecule has 0 aliphatic rings. The number of aliphatic hydroxyl groups is 2. The van der Waals surface area contributed by atoms with Crippen LogP contribution in [-0.2, 0) is 0 Å². The highest BCUT2D eigenvalue weighted by atomic mass is 16.3. The van der Waals surface area contributed by atoms with Crippen molar-refractivity contribution in [3.63, 3.8) is 0 Å². The van der Waals surface area contributed by atoms with E-state index in [1.807, 2.05) is 0 Å². The third kappa shape index (κ3) is 13.2. The summed E-state index contributed by atoms with van der Waals surface area (Å²) < 4.78 is 0. The van der Waals surface area contributed by atoms with Crippen LogP contribution in [0.15, 0.2) is 0 Å². The maximum Gasteiger partial charge on any atom is 0.0443 e. The Hall–Kier alpha value is -0.160. The van der Waals surface area contributed by atoms with Gasteiger partial charge in [-0.15, -0.1) is 0 Å². The van der Waals surface area contributed by atoms with Crippen LogP contribution in [0.25, 0.3) is 0 Å². The second kappa shape index (κ2) is 16.2. The molecule has 0 amide bonds. The van der Waals surface area contributed by atoms with Crippen molar-refractivity contribution in [2.24, 2.45) is 0 Å².